The van der Waals surface area contributed by atoms with Gasteiger partial charge in [-0.25, -0.2) is 0 Å². The SMILES string of the molecule is c1ccc(-c2c3ccccc3c(-c3ccc(-n4c5ccccc5c5ccccc54)o3)c3ccccc23)cc1.c1ccc(-c2ccc3c(-c4ccccc4)c4ccccc4c(-c4ccc(-n5c6ccccc6c6ccccc65)cn4)c3c2)cc1. The van der Waals surface area contributed by atoms with E-state index in [9.17, 15) is 0 Å². The number of nitrogens with zero attached hydrogens (tertiary/aromatic N) is 3. The molecule has 0 unspecified atom stereocenters. The zero-order chi connectivity index (χ0) is 54.8. The summed E-state index contributed by atoms with van der Waals surface area (Å²) >= 11 is 0. The Kier molecular flexibility index (Phi) is 11.5. The average Bonchev–Trinajstić information content (AvgIpc) is 4.40. The highest BCUT2D eigenvalue weighted by molar-refractivity contribution is 6.23. The third kappa shape index (κ3) is 7.95. The number of rotatable bonds is 7. The van der Waals surface area contributed by atoms with Crippen LogP contribution in [-0.4, -0.2) is 14.1 Å². The van der Waals surface area contributed by atoms with Crippen molar-refractivity contribution in [3.8, 4) is 67.5 Å². The Morgan fingerprint density at radius 3 is 1.06 bits per heavy atom. The number of benzene rings is 13. The van der Waals surface area contributed by atoms with E-state index in [2.05, 4.69) is 312 Å². The second kappa shape index (κ2) is 19.9. The van der Waals surface area contributed by atoms with Gasteiger partial charge in [-0.3, -0.25) is 9.55 Å². The molecule has 4 heteroatoms. The number of hydrogen-bond acceptors (Lipinski definition) is 2. The van der Waals surface area contributed by atoms with Gasteiger partial charge in [-0.05, 0) is 125 Å². The predicted octanol–water partition coefficient (Wildman–Crippen LogP) is 21.5. The summed E-state index contributed by atoms with van der Waals surface area (Å²) in [4.78, 5) is 5.20. The van der Waals surface area contributed by atoms with Crippen molar-refractivity contribution in [2.45, 2.75) is 0 Å². The highest BCUT2D eigenvalue weighted by Gasteiger charge is 2.22. The van der Waals surface area contributed by atoms with Crippen LogP contribution in [0.5, 0.6) is 0 Å². The van der Waals surface area contributed by atoms with E-state index in [0.717, 1.165) is 45.2 Å². The van der Waals surface area contributed by atoms with E-state index < -0.39 is 0 Å². The Morgan fingerprint density at radius 1 is 0.241 bits per heavy atom. The van der Waals surface area contributed by atoms with Crippen LogP contribution in [0.25, 0.3) is 154 Å². The minimum absolute atomic E-state index is 0.817. The van der Waals surface area contributed by atoms with Gasteiger partial charge in [0.05, 0.1) is 39.6 Å². The van der Waals surface area contributed by atoms with Crippen LogP contribution in [0, 0.1) is 0 Å². The summed E-state index contributed by atoms with van der Waals surface area (Å²) in [6.07, 6.45) is 2.03. The summed E-state index contributed by atoms with van der Waals surface area (Å²) in [6, 6.07) is 108. The molecule has 0 bridgehead atoms. The van der Waals surface area contributed by atoms with Crippen molar-refractivity contribution >= 4 is 86.7 Å². The Balaban J connectivity index is 0.000000138. The number of para-hydroxylation sites is 4. The molecule has 0 radical (unpaired) electrons. The van der Waals surface area contributed by atoms with E-state index in [0.29, 0.717) is 0 Å². The van der Waals surface area contributed by atoms with Crippen molar-refractivity contribution < 1.29 is 4.42 Å². The molecule has 4 nitrogen and oxygen atoms in total. The van der Waals surface area contributed by atoms with Crippen LogP contribution in [0.4, 0.5) is 0 Å². The lowest BCUT2D eigenvalue weighted by atomic mass is 9.86. The minimum Gasteiger partial charge on any atom is -0.440 e. The van der Waals surface area contributed by atoms with E-state index in [1.165, 1.54) is 109 Å². The van der Waals surface area contributed by atoms with E-state index in [1.54, 1.807) is 0 Å². The summed E-state index contributed by atoms with van der Waals surface area (Å²) in [6.45, 7) is 0. The lowest BCUT2D eigenvalue weighted by Gasteiger charge is -2.18. The fraction of sp³-hybridized carbons (Fsp3) is 0. The van der Waals surface area contributed by atoms with Gasteiger partial charge in [0.15, 0.2) is 0 Å². The molecule has 0 aliphatic heterocycles. The van der Waals surface area contributed by atoms with Crippen molar-refractivity contribution in [3.63, 3.8) is 0 Å². The van der Waals surface area contributed by atoms with Crippen LogP contribution in [0.15, 0.2) is 314 Å². The molecular formula is C79H51N3O. The van der Waals surface area contributed by atoms with Gasteiger partial charge >= 0.3 is 0 Å². The highest BCUT2D eigenvalue weighted by atomic mass is 16.4. The maximum Gasteiger partial charge on any atom is 0.205 e. The molecule has 0 spiro atoms. The molecule has 0 amide bonds. The molecule has 0 N–H and O–H groups in total. The normalized spacial score (nSPS) is 11.6. The predicted molar refractivity (Wildman–Crippen MR) is 349 cm³/mol. The van der Waals surface area contributed by atoms with Gasteiger partial charge in [0.1, 0.15) is 5.76 Å². The Bertz CT molecular complexity index is 5140. The molecule has 0 atom stereocenters. The molecule has 0 aliphatic carbocycles. The van der Waals surface area contributed by atoms with Gasteiger partial charge in [-0.2, -0.15) is 0 Å². The van der Waals surface area contributed by atoms with Crippen molar-refractivity contribution in [1.82, 2.24) is 14.1 Å². The van der Waals surface area contributed by atoms with Crippen molar-refractivity contribution in [2.24, 2.45) is 0 Å². The zero-order valence-corrected chi connectivity index (χ0v) is 45.2. The van der Waals surface area contributed by atoms with E-state index in [4.69, 9.17) is 9.40 Å². The molecule has 0 saturated heterocycles. The number of fused-ring (bicyclic) bond motifs is 10. The summed E-state index contributed by atoms with van der Waals surface area (Å²) in [5, 5.41) is 14.6. The van der Waals surface area contributed by atoms with Gasteiger partial charge in [-0.1, -0.05) is 249 Å². The summed E-state index contributed by atoms with van der Waals surface area (Å²) in [7, 11) is 0. The summed E-state index contributed by atoms with van der Waals surface area (Å²) in [5.74, 6) is 1.69. The molecule has 17 rings (SSSR count). The summed E-state index contributed by atoms with van der Waals surface area (Å²) < 4.78 is 11.3. The smallest absolute Gasteiger partial charge is 0.205 e. The standard InChI is InChI=1S/C43H28N2.C36H23NO/c1-3-13-29(14-4-1)31-23-25-37-38(27-31)43(36-20-8-7-19-35(36)42(37)30-15-5-2-6-16-30)39-26-24-32(28-44-39)45-40-21-11-9-17-33(40)34-18-10-12-22-41(34)45;1-2-12-24(13-3-1)35-27-16-4-6-18-29(27)36(30-19-7-5-17-28(30)35)33-22-23-34(38-33)37-31-20-10-8-14-25(31)26-15-9-11-21-32(26)37/h1-28H;1-23H. The average molecular weight is 1060 g/mol. The first kappa shape index (κ1) is 47.9. The van der Waals surface area contributed by atoms with E-state index >= 15 is 0 Å². The van der Waals surface area contributed by atoms with Crippen molar-refractivity contribution in [3.05, 3.63) is 310 Å². The molecule has 17 aromatic rings. The third-order valence-corrected chi connectivity index (χ3v) is 16.7. The second-order valence-corrected chi connectivity index (χ2v) is 21.3. The Labute approximate surface area is 479 Å². The van der Waals surface area contributed by atoms with E-state index in [1.807, 2.05) is 6.20 Å². The highest BCUT2D eigenvalue weighted by Crippen LogP contribution is 2.47. The van der Waals surface area contributed by atoms with Crippen LogP contribution in [0.2, 0.25) is 0 Å². The first-order valence-corrected chi connectivity index (χ1v) is 28.4. The van der Waals surface area contributed by atoms with E-state index in [-0.39, 0.29) is 0 Å². The number of aromatic nitrogens is 3. The van der Waals surface area contributed by atoms with Crippen LogP contribution >= 0.6 is 0 Å². The Hall–Kier alpha value is -11.1. The molecule has 13 aromatic carbocycles. The van der Waals surface area contributed by atoms with Crippen molar-refractivity contribution in [2.75, 3.05) is 0 Å². The van der Waals surface area contributed by atoms with Gasteiger partial charge in [0.25, 0.3) is 0 Å². The molecule has 388 valence electrons. The molecule has 0 aliphatic rings. The molecular weight excluding hydrogens is 1010 g/mol. The fourth-order valence-corrected chi connectivity index (χ4v) is 13.1. The fourth-order valence-electron chi connectivity index (χ4n) is 13.1. The second-order valence-electron chi connectivity index (χ2n) is 21.3. The molecule has 0 saturated carbocycles. The molecule has 83 heavy (non-hydrogen) atoms. The lowest BCUT2D eigenvalue weighted by molar-refractivity contribution is 0.561. The molecule has 0 fully saturated rings. The Morgan fingerprint density at radius 2 is 0.614 bits per heavy atom. The number of furan rings is 1. The maximum absolute atomic E-state index is 6.76. The van der Waals surface area contributed by atoms with Crippen LogP contribution in [-0.2, 0) is 0 Å². The third-order valence-electron chi connectivity index (χ3n) is 16.7. The van der Waals surface area contributed by atoms with Crippen LogP contribution in [0.1, 0.15) is 0 Å². The quantitative estimate of drug-likeness (QED) is 0.149. The number of pyridine rings is 1. The first-order valence-electron chi connectivity index (χ1n) is 28.4. The van der Waals surface area contributed by atoms with Crippen LogP contribution < -0.4 is 0 Å². The molecule has 4 aromatic heterocycles. The van der Waals surface area contributed by atoms with Gasteiger partial charge in [-0.15, -0.1) is 0 Å². The monoisotopic (exact) mass is 1060 g/mol. The largest absolute Gasteiger partial charge is 0.440 e. The van der Waals surface area contributed by atoms with Gasteiger partial charge < -0.3 is 8.98 Å². The maximum atomic E-state index is 6.76. The first-order chi connectivity index (χ1) is 41.2. The van der Waals surface area contributed by atoms with Crippen molar-refractivity contribution in [1.29, 1.82) is 0 Å². The zero-order valence-electron chi connectivity index (χ0n) is 45.2. The number of hydrogen-bond donors (Lipinski definition) is 0. The summed E-state index contributed by atoms with van der Waals surface area (Å²) in [5.41, 5.74) is 16.3. The topological polar surface area (TPSA) is 35.9 Å². The molecule has 4 heterocycles. The van der Waals surface area contributed by atoms with Gasteiger partial charge in [0.2, 0.25) is 5.88 Å². The van der Waals surface area contributed by atoms with Gasteiger partial charge in [0, 0.05) is 38.7 Å². The lowest BCUT2D eigenvalue weighted by Crippen LogP contribution is -1.97. The minimum atomic E-state index is 0.817. The van der Waals surface area contributed by atoms with Crippen LogP contribution in [0.3, 0.4) is 0 Å².